The first-order valence-electron chi connectivity index (χ1n) is 9.62. The number of carbonyl (C=O) groups excluding carboxylic acids is 2. The molecule has 1 amide bonds. The van der Waals surface area contributed by atoms with E-state index in [1.54, 1.807) is 0 Å². The molecule has 28 heavy (non-hydrogen) atoms. The van der Waals surface area contributed by atoms with Gasteiger partial charge in [0.2, 0.25) is 5.91 Å². The number of ketones is 1. The average Bonchev–Trinajstić information content (AvgIpc) is 2.60. The number of amides is 1. The molecule has 0 radical (unpaired) electrons. The number of nitrogens with one attached hydrogen (secondary N) is 1. The summed E-state index contributed by atoms with van der Waals surface area (Å²) in [5, 5.41) is 12.0. The number of anilines is 1. The number of benzene rings is 1. The molecule has 4 aliphatic rings. The van der Waals surface area contributed by atoms with Gasteiger partial charge >= 0.3 is 6.18 Å². The van der Waals surface area contributed by atoms with Crippen molar-refractivity contribution in [3.8, 4) is 6.07 Å². The summed E-state index contributed by atoms with van der Waals surface area (Å²) in [6.07, 6.45) is 1.22. The van der Waals surface area contributed by atoms with Gasteiger partial charge in [-0.1, -0.05) is 0 Å². The van der Waals surface area contributed by atoms with Crippen LogP contribution in [-0.4, -0.2) is 11.7 Å². The molecule has 4 nitrogen and oxygen atoms in total. The lowest BCUT2D eigenvalue weighted by Gasteiger charge is -2.56. The first-order valence-corrected chi connectivity index (χ1v) is 9.62. The van der Waals surface area contributed by atoms with Crippen LogP contribution in [0.3, 0.4) is 0 Å². The summed E-state index contributed by atoms with van der Waals surface area (Å²) in [6, 6.07) is 5.82. The van der Waals surface area contributed by atoms with Gasteiger partial charge in [-0.2, -0.15) is 18.4 Å². The first-order chi connectivity index (χ1) is 13.2. The molecular weight excluding hydrogens is 369 g/mol. The van der Waals surface area contributed by atoms with E-state index in [4.69, 9.17) is 0 Å². The summed E-state index contributed by atoms with van der Waals surface area (Å²) >= 11 is 0. The molecule has 4 saturated carbocycles. The van der Waals surface area contributed by atoms with E-state index in [1.165, 1.54) is 0 Å². The predicted molar refractivity (Wildman–Crippen MR) is 94.8 cm³/mol. The Morgan fingerprint density at radius 3 is 1.96 bits per heavy atom. The molecule has 0 heterocycles. The lowest BCUT2D eigenvalue weighted by molar-refractivity contribution is -0.148. The summed E-state index contributed by atoms with van der Waals surface area (Å²) < 4.78 is 38.0. The molecule has 1 aromatic carbocycles. The lowest BCUT2D eigenvalue weighted by Crippen LogP contribution is -2.52. The van der Waals surface area contributed by atoms with Crippen LogP contribution in [0.2, 0.25) is 0 Å². The fraction of sp³-hybridized carbons (Fsp3) is 0.571. The smallest absolute Gasteiger partial charge is 0.325 e. The number of halogens is 3. The van der Waals surface area contributed by atoms with Crippen molar-refractivity contribution >= 4 is 17.4 Å². The third-order valence-corrected chi connectivity index (χ3v) is 6.69. The van der Waals surface area contributed by atoms with Gasteiger partial charge in [-0.3, -0.25) is 9.59 Å². The zero-order chi connectivity index (χ0) is 20.1. The number of rotatable bonds is 4. The Kier molecular flexibility index (Phi) is 4.48. The summed E-state index contributed by atoms with van der Waals surface area (Å²) in [5.74, 6) is -0.979. The van der Waals surface area contributed by atoms with Crippen LogP contribution in [0.1, 0.15) is 44.1 Å². The number of nitrogens with zero attached hydrogens (tertiary/aromatic N) is 1. The zero-order valence-corrected chi connectivity index (χ0v) is 15.3. The second-order valence-electron chi connectivity index (χ2n) is 8.69. The quantitative estimate of drug-likeness (QED) is 0.766. The van der Waals surface area contributed by atoms with Gasteiger partial charge in [-0.25, -0.2) is 0 Å². The minimum atomic E-state index is -4.47. The van der Waals surface area contributed by atoms with E-state index in [2.05, 4.69) is 5.32 Å². The Labute approximate surface area is 161 Å². The maximum Gasteiger partial charge on any atom is 0.416 e. The van der Waals surface area contributed by atoms with Gasteiger partial charge < -0.3 is 5.32 Å². The highest BCUT2D eigenvalue weighted by Crippen LogP contribution is 2.60. The van der Waals surface area contributed by atoms with Gasteiger partial charge in [0.1, 0.15) is 0 Å². The number of Topliss-reactive ketones (excluding diaryl/α,β-unsaturated/α-hetero) is 1. The molecular formula is C21H21F3N2O2. The average molecular weight is 390 g/mol. The maximum atomic E-state index is 13.2. The van der Waals surface area contributed by atoms with Crippen molar-refractivity contribution in [2.45, 2.75) is 44.7 Å². The van der Waals surface area contributed by atoms with E-state index in [-0.39, 0.29) is 11.5 Å². The monoisotopic (exact) mass is 390 g/mol. The minimum absolute atomic E-state index is 0.136. The number of nitriles is 1. The van der Waals surface area contributed by atoms with Crippen molar-refractivity contribution in [1.82, 2.24) is 0 Å². The van der Waals surface area contributed by atoms with Crippen molar-refractivity contribution in [3.63, 3.8) is 0 Å². The van der Waals surface area contributed by atoms with E-state index >= 15 is 0 Å². The molecule has 7 heteroatoms. The molecule has 1 atom stereocenters. The minimum Gasteiger partial charge on any atom is -0.325 e. The molecule has 0 saturated heterocycles. The summed E-state index contributed by atoms with van der Waals surface area (Å²) in [4.78, 5) is 25.8. The number of alkyl halides is 3. The molecule has 1 aromatic rings. The molecule has 0 aromatic heterocycles. The fourth-order valence-electron chi connectivity index (χ4n) is 5.91. The Morgan fingerprint density at radius 2 is 1.54 bits per heavy atom. The van der Waals surface area contributed by atoms with Crippen LogP contribution in [0.15, 0.2) is 24.3 Å². The highest BCUT2D eigenvalue weighted by Gasteiger charge is 2.56. The largest absolute Gasteiger partial charge is 0.416 e. The van der Waals surface area contributed by atoms with Crippen LogP contribution in [-0.2, 0) is 15.8 Å². The molecule has 0 aliphatic heterocycles. The van der Waals surface area contributed by atoms with Gasteiger partial charge in [0.05, 0.1) is 11.6 Å². The Balaban J connectivity index is 1.49. The van der Waals surface area contributed by atoms with E-state index in [0.29, 0.717) is 17.8 Å². The molecule has 5 rings (SSSR count). The predicted octanol–water partition coefficient (Wildman–Crippen LogP) is 4.57. The van der Waals surface area contributed by atoms with Crippen LogP contribution < -0.4 is 5.32 Å². The van der Waals surface area contributed by atoms with Crippen molar-refractivity contribution in [1.29, 1.82) is 5.26 Å². The number of hydrogen-bond donors (Lipinski definition) is 1. The van der Waals surface area contributed by atoms with Crippen LogP contribution in [0, 0.1) is 40.4 Å². The highest BCUT2D eigenvalue weighted by molar-refractivity contribution is 6.11. The Hall–Kier alpha value is -2.36. The summed E-state index contributed by atoms with van der Waals surface area (Å²) in [5.41, 5.74) is -1.27. The highest BCUT2D eigenvalue weighted by atomic mass is 19.4. The van der Waals surface area contributed by atoms with Crippen LogP contribution >= 0.6 is 0 Å². The third kappa shape index (κ3) is 3.30. The third-order valence-electron chi connectivity index (χ3n) is 6.69. The molecule has 1 unspecified atom stereocenters. The van der Waals surface area contributed by atoms with Gasteiger partial charge in [-0.05, 0) is 80.5 Å². The molecule has 4 aliphatic carbocycles. The second-order valence-corrected chi connectivity index (χ2v) is 8.69. The van der Waals surface area contributed by atoms with E-state index in [0.717, 1.165) is 62.8 Å². The molecule has 4 bridgehead atoms. The summed E-state index contributed by atoms with van der Waals surface area (Å²) in [6.45, 7) is 0. The Bertz CT molecular complexity index is 803. The van der Waals surface area contributed by atoms with E-state index in [1.807, 2.05) is 6.07 Å². The number of hydrogen-bond acceptors (Lipinski definition) is 3. The number of carbonyl (C=O) groups is 2. The van der Waals surface area contributed by atoms with Crippen molar-refractivity contribution < 1.29 is 22.8 Å². The normalized spacial score (nSPS) is 31.9. The van der Waals surface area contributed by atoms with E-state index < -0.39 is 29.0 Å². The van der Waals surface area contributed by atoms with Gasteiger partial charge in [-0.15, -0.1) is 0 Å². The van der Waals surface area contributed by atoms with Gasteiger partial charge in [0.15, 0.2) is 11.7 Å². The van der Waals surface area contributed by atoms with E-state index in [9.17, 15) is 28.0 Å². The molecule has 1 N–H and O–H groups in total. The SMILES string of the molecule is N#CC(C(=O)Nc1ccc(C(F)(F)F)cc1)C(=O)C12CC3CC(CC(C3)C1)C2. The van der Waals surface area contributed by atoms with Crippen LogP contribution in [0.4, 0.5) is 18.9 Å². The Morgan fingerprint density at radius 1 is 1.04 bits per heavy atom. The molecule has 4 fully saturated rings. The first kappa shape index (κ1) is 19.0. The standard InChI is InChI=1S/C21H21F3N2O2/c22-21(23,24)15-1-3-16(4-2-15)26-19(28)17(11-25)18(27)20-8-12-5-13(9-20)7-14(6-12)10-20/h1-4,12-14,17H,5-10H2,(H,26,28). The topological polar surface area (TPSA) is 70.0 Å². The van der Waals surface area contributed by atoms with Gasteiger partial charge in [0.25, 0.3) is 0 Å². The maximum absolute atomic E-state index is 13.2. The van der Waals surface area contributed by atoms with Crippen molar-refractivity contribution in [2.75, 3.05) is 5.32 Å². The molecule has 148 valence electrons. The van der Waals surface area contributed by atoms with Crippen LogP contribution in [0.25, 0.3) is 0 Å². The zero-order valence-electron chi connectivity index (χ0n) is 15.3. The lowest BCUT2D eigenvalue weighted by atomic mass is 9.47. The van der Waals surface area contributed by atoms with Crippen LogP contribution in [0.5, 0.6) is 0 Å². The van der Waals surface area contributed by atoms with Crippen molar-refractivity contribution in [3.05, 3.63) is 29.8 Å². The summed E-state index contributed by atoms with van der Waals surface area (Å²) in [7, 11) is 0. The van der Waals surface area contributed by atoms with Gasteiger partial charge in [0, 0.05) is 11.1 Å². The molecule has 0 spiro atoms. The van der Waals surface area contributed by atoms with Crippen molar-refractivity contribution in [2.24, 2.45) is 29.1 Å². The second kappa shape index (κ2) is 6.61. The fourth-order valence-corrected chi connectivity index (χ4v) is 5.91.